The van der Waals surface area contributed by atoms with Crippen LogP contribution in [0.5, 0.6) is 11.5 Å². The van der Waals surface area contributed by atoms with E-state index in [1.165, 1.54) is 11.3 Å². The molecule has 0 saturated carbocycles. The van der Waals surface area contributed by atoms with Gasteiger partial charge in [0.25, 0.3) is 5.91 Å². The van der Waals surface area contributed by atoms with Crippen molar-refractivity contribution in [2.75, 3.05) is 39.5 Å². The maximum atomic E-state index is 12.7. The number of ether oxygens (including phenoxy) is 3. The highest BCUT2D eigenvalue weighted by atomic mass is 32.1. The molecule has 2 saturated heterocycles. The molecule has 3 aliphatic heterocycles. The number of carbonyl (C=O) groups excluding carboxylic acids is 2. The van der Waals surface area contributed by atoms with Crippen LogP contribution in [0.25, 0.3) is 0 Å². The van der Waals surface area contributed by atoms with E-state index in [4.69, 9.17) is 14.2 Å². The first kappa shape index (κ1) is 14.8. The van der Waals surface area contributed by atoms with Crippen molar-refractivity contribution >= 4 is 23.2 Å². The molecule has 1 aromatic rings. The third kappa shape index (κ3) is 2.66. The van der Waals surface area contributed by atoms with Gasteiger partial charge in [0.05, 0.1) is 5.60 Å². The number of amides is 2. The normalized spacial score (nSPS) is 22.8. The van der Waals surface area contributed by atoms with Crippen LogP contribution >= 0.6 is 11.3 Å². The fourth-order valence-electron chi connectivity index (χ4n) is 3.17. The second-order valence-corrected chi connectivity index (χ2v) is 6.88. The van der Waals surface area contributed by atoms with Crippen molar-refractivity contribution in [3.05, 3.63) is 10.3 Å². The molecule has 0 bridgehead atoms. The summed E-state index contributed by atoms with van der Waals surface area (Å²) in [4.78, 5) is 26.4. The Morgan fingerprint density at radius 2 is 2.04 bits per heavy atom. The van der Waals surface area contributed by atoms with E-state index in [0.717, 1.165) is 12.8 Å². The zero-order valence-corrected chi connectivity index (χ0v) is 13.4. The van der Waals surface area contributed by atoms with Crippen molar-refractivity contribution in [2.24, 2.45) is 0 Å². The molecule has 4 heterocycles. The Labute approximate surface area is 137 Å². The highest BCUT2D eigenvalue weighted by molar-refractivity contribution is 7.12. The van der Waals surface area contributed by atoms with Crippen molar-refractivity contribution in [1.29, 1.82) is 0 Å². The maximum absolute atomic E-state index is 12.7. The fourth-order valence-corrected chi connectivity index (χ4v) is 4.07. The van der Waals surface area contributed by atoms with Gasteiger partial charge in [-0.15, -0.1) is 11.3 Å². The summed E-state index contributed by atoms with van der Waals surface area (Å²) >= 11 is 1.36. The van der Waals surface area contributed by atoms with E-state index in [2.05, 4.69) is 5.32 Å². The van der Waals surface area contributed by atoms with Crippen LogP contribution < -0.4 is 14.8 Å². The summed E-state index contributed by atoms with van der Waals surface area (Å²) in [6.07, 6.45) is 1.45. The van der Waals surface area contributed by atoms with Crippen LogP contribution in [0.4, 0.5) is 0 Å². The number of likely N-dealkylation sites (tertiary alicyclic amines) is 1. The molecule has 8 heteroatoms. The molecule has 0 aliphatic carbocycles. The minimum Gasteiger partial charge on any atom is -0.485 e. The van der Waals surface area contributed by atoms with E-state index >= 15 is 0 Å². The summed E-state index contributed by atoms with van der Waals surface area (Å²) in [5.41, 5.74) is -0.320. The summed E-state index contributed by atoms with van der Waals surface area (Å²) in [6.45, 7) is 2.86. The van der Waals surface area contributed by atoms with Gasteiger partial charge in [0.1, 0.15) is 24.7 Å². The van der Waals surface area contributed by atoms with E-state index in [9.17, 15) is 9.59 Å². The summed E-state index contributed by atoms with van der Waals surface area (Å²) in [6, 6.07) is 0. The first-order valence-corrected chi connectivity index (χ1v) is 8.62. The number of hydrogen-bond acceptors (Lipinski definition) is 6. The van der Waals surface area contributed by atoms with Gasteiger partial charge in [-0.25, -0.2) is 0 Å². The SMILES string of the molecule is O=C1COC2(CCN(C(=O)c3scc4c3OCCO4)CC2)CN1. The number of carbonyl (C=O) groups is 2. The quantitative estimate of drug-likeness (QED) is 0.813. The van der Waals surface area contributed by atoms with Crippen molar-refractivity contribution in [2.45, 2.75) is 18.4 Å². The van der Waals surface area contributed by atoms with Crippen LogP contribution in [0.3, 0.4) is 0 Å². The van der Waals surface area contributed by atoms with Gasteiger partial charge in [-0.3, -0.25) is 9.59 Å². The smallest absolute Gasteiger partial charge is 0.267 e. The van der Waals surface area contributed by atoms with Gasteiger partial charge in [-0.2, -0.15) is 0 Å². The lowest BCUT2D eigenvalue weighted by atomic mass is 9.90. The van der Waals surface area contributed by atoms with Gasteiger partial charge in [0.15, 0.2) is 11.5 Å². The van der Waals surface area contributed by atoms with Crippen LogP contribution in [0.1, 0.15) is 22.5 Å². The second kappa shape index (κ2) is 5.68. The largest absolute Gasteiger partial charge is 0.485 e. The predicted molar refractivity (Wildman–Crippen MR) is 82.1 cm³/mol. The van der Waals surface area contributed by atoms with Crippen molar-refractivity contribution in [1.82, 2.24) is 10.2 Å². The Kier molecular flexibility index (Phi) is 3.65. The summed E-state index contributed by atoms with van der Waals surface area (Å²) in [5.74, 6) is 1.15. The molecule has 4 rings (SSSR count). The Morgan fingerprint density at radius 1 is 1.26 bits per heavy atom. The molecule has 1 spiro atoms. The molecule has 2 amide bonds. The lowest BCUT2D eigenvalue weighted by Gasteiger charge is -2.43. The zero-order chi connectivity index (χ0) is 15.9. The Hall–Kier alpha value is -1.80. The van der Waals surface area contributed by atoms with Gasteiger partial charge >= 0.3 is 0 Å². The standard InChI is InChI=1S/C15H18N2O5S/c18-11-7-22-15(9-16-11)1-3-17(4-2-15)14(19)13-12-10(8-23-13)20-5-6-21-12/h8H,1-7,9H2,(H,16,18). The molecule has 23 heavy (non-hydrogen) atoms. The number of morpholine rings is 1. The molecule has 0 radical (unpaired) electrons. The third-order valence-corrected chi connectivity index (χ3v) is 5.50. The lowest BCUT2D eigenvalue weighted by molar-refractivity contribution is -0.149. The van der Waals surface area contributed by atoms with Crippen LogP contribution in [-0.4, -0.2) is 61.8 Å². The third-order valence-electron chi connectivity index (χ3n) is 4.57. The molecule has 124 valence electrons. The topological polar surface area (TPSA) is 77.1 Å². The molecular weight excluding hydrogens is 320 g/mol. The minimum absolute atomic E-state index is 0.0172. The molecule has 2 fully saturated rings. The van der Waals surface area contributed by atoms with Crippen LogP contribution in [0.2, 0.25) is 0 Å². The van der Waals surface area contributed by atoms with E-state index in [1.54, 1.807) is 0 Å². The van der Waals surface area contributed by atoms with Gasteiger partial charge < -0.3 is 24.4 Å². The maximum Gasteiger partial charge on any atom is 0.267 e. The Morgan fingerprint density at radius 3 is 2.78 bits per heavy atom. The molecular formula is C15H18N2O5S. The number of thiophene rings is 1. The summed E-state index contributed by atoms with van der Waals surface area (Å²) in [5, 5.41) is 4.68. The monoisotopic (exact) mass is 338 g/mol. The Balaban J connectivity index is 1.43. The number of fused-ring (bicyclic) bond motifs is 1. The second-order valence-electron chi connectivity index (χ2n) is 6.00. The van der Waals surface area contributed by atoms with Crippen LogP contribution in [-0.2, 0) is 9.53 Å². The van der Waals surface area contributed by atoms with Crippen LogP contribution in [0.15, 0.2) is 5.38 Å². The minimum atomic E-state index is -0.320. The zero-order valence-electron chi connectivity index (χ0n) is 12.6. The lowest BCUT2D eigenvalue weighted by Crippen LogP contribution is -2.57. The number of hydrogen-bond donors (Lipinski definition) is 1. The molecule has 1 aromatic heterocycles. The van der Waals surface area contributed by atoms with Gasteiger partial charge in [-0.05, 0) is 12.8 Å². The van der Waals surface area contributed by atoms with E-state index < -0.39 is 0 Å². The molecule has 3 aliphatic rings. The average Bonchev–Trinajstić information content (AvgIpc) is 3.02. The molecule has 7 nitrogen and oxygen atoms in total. The van der Waals surface area contributed by atoms with Crippen LogP contribution in [0, 0.1) is 0 Å². The number of nitrogens with one attached hydrogen (secondary N) is 1. The molecule has 0 aromatic carbocycles. The van der Waals surface area contributed by atoms with Crippen molar-refractivity contribution < 1.29 is 23.8 Å². The first-order valence-electron chi connectivity index (χ1n) is 7.74. The molecule has 0 unspecified atom stereocenters. The highest BCUT2D eigenvalue weighted by Crippen LogP contribution is 2.40. The van der Waals surface area contributed by atoms with E-state index in [-0.39, 0.29) is 24.0 Å². The molecule has 1 N–H and O–H groups in total. The average molecular weight is 338 g/mol. The first-order chi connectivity index (χ1) is 11.2. The fraction of sp³-hybridized carbons (Fsp3) is 0.600. The summed E-state index contributed by atoms with van der Waals surface area (Å²) in [7, 11) is 0. The number of rotatable bonds is 1. The number of nitrogens with zero attached hydrogens (tertiary/aromatic N) is 1. The van der Waals surface area contributed by atoms with E-state index in [1.807, 2.05) is 10.3 Å². The van der Waals surface area contributed by atoms with Gasteiger partial charge in [-0.1, -0.05) is 0 Å². The van der Waals surface area contributed by atoms with Crippen molar-refractivity contribution in [3.63, 3.8) is 0 Å². The predicted octanol–water partition coefficient (Wildman–Crippen LogP) is 0.641. The Bertz CT molecular complexity index is 624. The van der Waals surface area contributed by atoms with Gasteiger partial charge in [0.2, 0.25) is 5.91 Å². The van der Waals surface area contributed by atoms with Gasteiger partial charge in [0, 0.05) is 25.0 Å². The molecule has 0 atom stereocenters. The van der Waals surface area contributed by atoms with E-state index in [0.29, 0.717) is 49.2 Å². The highest BCUT2D eigenvalue weighted by Gasteiger charge is 2.40. The number of piperidine rings is 1. The van der Waals surface area contributed by atoms with Crippen molar-refractivity contribution in [3.8, 4) is 11.5 Å². The summed E-state index contributed by atoms with van der Waals surface area (Å²) < 4.78 is 16.8.